The van der Waals surface area contributed by atoms with Crippen LogP contribution >= 0.6 is 0 Å². The highest BCUT2D eigenvalue weighted by Gasteiger charge is 2.37. The number of anilines is 1. The molecule has 22 heavy (non-hydrogen) atoms. The Hall–Kier alpha value is -2.37. The minimum atomic E-state index is -0.986. The Labute approximate surface area is 129 Å². The second kappa shape index (κ2) is 6.60. The van der Waals surface area contributed by atoms with Crippen LogP contribution in [0.5, 0.6) is 0 Å². The van der Waals surface area contributed by atoms with E-state index >= 15 is 0 Å². The molecule has 0 saturated carbocycles. The molecular formula is C16H20N2O4. The molecular weight excluding hydrogens is 284 g/mol. The van der Waals surface area contributed by atoms with Crippen molar-refractivity contribution in [1.29, 1.82) is 0 Å². The predicted octanol–water partition coefficient (Wildman–Crippen LogP) is 1.02. The van der Waals surface area contributed by atoms with E-state index in [-0.39, 0.29) is 18.9 Å². The highest BCUT2D eigenvalue weighted by molar-refractivity contribution is 6.00. The molecule has 1 aliphatic rings. The number of primary amides is 1. The first-order valence-electron chi connectivity index (χ1n) is 7.32. The zero-order chi connectivity index (χ0) is 16.3. The van der Waals surface area contributed by atoms with Gasteiger partial charge in [0.15, 0.2) is 6.10 Å². The number of aryl methyl sites for hydroxylation is 1. The molecule has 2 N–H and O–H groups in total. The van der Waals surface area contributed by atoms with Gasteiger partial charge in [0.2, 0.25) is 5.91 Å². The van der Waals surface area contributed by atoms with Gasteiger partial charge in [-0.2, -0.15) is 0 Å². The first-order valence-corrected chi connectivity index (χ1v) is 7.32. The van der Waals surface area contributed by atoms with Gasteiger partial charge in [-0.15, -0.1) is 0 Å². The van der Waals surface area contributed by atoms with Crippen LogP contribution < -0.4 is 10.6 Å². The van der Waals surface area contributed by atoms with E-state index in [1.807, 2.05) is 31.2 Å². The Morgan fingerprint density at radius 3 is 2.73 bits per heavy atom. The molecule has 1 aromatic rings. The molecule has 0 bridgehead atoms. The molecule has 1 fully saturated rings. The van der Waals surface area contributed by atoms with Crippen molar-refractivity contribution in [3.8, 4) is 0 Å². The Kier molecular flexibility index (Phi) is 4.80. The minimum Gasteiger partial charge on any atom is -0.452 e. The molecule has 0 aliphatic carbocycles. The van der Waals surface area contributed by atoms with Gasteiger partial charge in [0.05, 0.1) is 5.92 Å². The number of hydrogen-bond acceptors (Lipinski definition) is 4. The van der Waals surface area contributed by atoms with E-state index in [0.29, 0.717) is 0 Å². The lowest BCUT2D eigenvalue weighted by Crippen LogP contribution is -2.33. The second-order valence-electron chi connectivity index (χ2n) is 5.37. The summed E-state index contributed by atoms with van der Waals surface area (Å²) in [5, 5.41) is 0. The number of amides is 2. The second-order valence-corrected chi connectivity index (χ2v) is 5.37. The van der Waals surface area contributed by atoms with Crippen molar-refractivity contribution in [3.05, 3.63) is 29.8 Å². The van der Waals surface area contributed by atoms with E-state index in [1.54, 1.807) is 4.90 Å². The Morgan fingerprint density at radius 1 is 1.41 bits per heavy atom. The minimum absolute atomic E-state index is 0.0857. The van der Waals surface area contributed by atoms with Gasteiger partial charge in [-0.3, -0.25) is 14.4 Å². The molecule has 6 nitrogen and oxygen atoms in total. The van der Waals surface area contributed by atoms with Crippen molar-refractivity contribution < 1.29 is 19.1 Å². The van der Waals surface area contributed by atoms with Gasteiger partial charge in [-0.1, -0.05) is 25.1 Å². The molecule has 2 amide bonds. The monoisotopic (exact) mass is 304 g/mol. The lowest BCUT2D eigenvalue weighted by molar-refractivity contribution is -0.157. The summed E-state index contributed by atoms with van der Waals surface area (Å²) in [6, 6.07) is 7.62. The molecule has 2 atom stereocenters. The molecule has 1 heterocycles. The summed E-state index contributed by atoms with van der Waals surface area (Å²) in [5.74, 6) is -1.95. The number of para-hydroxylation sites is 1. The number of ether oxygens (including phenoxy) is 1. The summed E-state index contributed by atoms with van der Waals surface area (Å²) in [5.41, 5.74) is 6.95. The van der Waals surface area contributed by atoms with E-state index in [0.717, 1.165) is 17.7 Å². The van der Waals surface area contributed by atoms with Crippen LogP contribution in [0.4, 0.5) is 5.69 Å². The lowest BCUT2D eigenvalue weighted by atomic mass is 10.1. The number of benzene rings is 1. The number of nitrogens with zero attached hydrogens (tertiary/aromatic N) is 1. The highest BCUT2D eigenvalue weighted by atomic mass is 16.5. The molecule has 0 radical (unpaired) electrons. The van der Waals surface area contributed by atoms with Gasteiger partial charge >= 0.3 is 5.97 Å². The first-order chi connectivity index (χ1) is 10.4. The van der Waals surface area contributed by atoms with Gasteiger partial charge in [0.25, 0.3) is 5.91 Å². The maximum atomic E-state index is 12.2. The SMILES string of the molecule is CCc1ccccc1N1C[C@H](C(=O)O[C@@H](C)C(N)=O)CC1=O. The highest BCUT2D eigenvalue weighted by Crippen LogP contribution is 2.29. The van der Waals surface area contributed by atoms with Crippen molar-refractivity contribution in [2.75, 3.05) is 11.4 Å². The van der Waals surface area contributed by atoms with E-state index < -0.39 is 23.9 Å². The number of nitrogens with two attached hydrogens (primary N) is 1. The van der Waals surface area contributed by atoms with Crippen LogP contribution in [0, 0.1) is 5.92 Å². The maximum Gasteiger partial charge on any atom is 0.312 e. The molecule has 0 unspecified atom stereocenters. The molecule has 6 heteroatoms. The summed E-state index contributed by atoms with van der Waals surface area (Å²) in [4.78, 5) is 36.8. The summed E-state index contributed by atoms with van der Waals surface area (Å²) < 4.78 is 4.99. The van der Waals surface area contributed by atoms with Crippen molar-refractivity contribution in [1.82, 2.24) is 0 Å². The van der Waals surface area contributed by atoms with Crippen LogP contribution in [0.2, 0.25) is 0 Å². The Morgan fingerprint density at radius 2 is 2.09 bits per heavy atom. The normalized spacial score (nSPS) is 19.1. The predicted molar refractivity (Wildman–Crippen MR) is 81.0 cm³/mol. The quantitative estimate of drug-likeness (QED) is 0.822. The standard InChI is InChI=1S/C16H20N2O4/c1-3-11-6-4-5-7-13(11)18-9-12(8-14(18)19)16(21)22-10(2)15(17)20/h4-7,10,12H,3,8-9H2,1-2H3,(H2,17,20)/t10-,12+/m0/s1. The van der Waals surface area contributed by atoms with Crippen molar-refractivity contribution in [3.63, 3.8) is 0 Å². The fourth-order valence-electron chi connectivity index (χ4n) is 2.50. The number of hydrogen-bond donors (Lipinski definition) is 1. The third kappa shape index (κ3) is 3.27. The zero-order valence-corrected chi connectivity index (χ0v) is 12.7. The fraction of sp³-hybridized carbons (Fsp3) is 0.438. The van der Waals surface area contributed by atoms with Gasteiger partial charge in [-0.05, 0) is 25.0 Å². The van der Waals surface area contributed by atoms with Gasteiger partial charge in [-0.25, -0.2) is 0 Å². The molecule has 1 aliphatic heterocycles. The van der Waals surface area contributed by atoms with E-state index in [2.05, 4.69) is 0 Å². The first kappa shape index (κ1) is 16.0. The Balaban J connectivity index is 2.11. The Bertz CT molecular complexity index is 600. The summed E-state index contributed by atoms with van der Waals surface area (Å²) >= 11 is 0. The zero-order valence-electron chi connectivity index (χ0n) is 12.7. The van der Waals surface area contributed by atoms with E-state index in [9.17, 15) is 14.4 Å². The third-order valence-electron chi connectivity index (χ3n) is 3.82. The van der Waals surface area contributed by atoms with Crippen LogP contribution in [0.3, 0.4) is 0 Å². The molecule has 1 aromatic carbocycles. The average molecular weight is 304 g/mol. The smallest absolute Gasteiger partial charge is 0.312 e. The van der Waals surface area contributed by atoms with E-state index in [1.165, 1.54) is 6.92 Å². The lowest BCUT2D eigenvalue weighted by Gasteiger charge is -2.20. The summed E-state index contributed by atoms with van der Waals surface area (Å²) in [6.45, 7) is 3.70. The summed E-state index contributed by atoms with van der Waals surface area (Å²) in [6.07, 6.45) is -0.101. The number of carbonyl (C=O) groups is 3. The number of esters is 1. The van der Waals surface area contributed by atoms with Crippen molar-refractivity contribution in [2.24, 2.45) is 11.7 Å². The largest absolute Gasteiger partial charge is 0.452 e. The van der Waals surface area contributed by atoms with Crippen LogP contribution in [0.1, 0.15) is 25.8 Å². The van der Waals surface area contributed by atoms with Crippen LogP contribution in [-0.4, -0.2) is 30.4 Å². The average Bonchev–Trinajstić information content (AvgIpc) is 2.88. The molecule has 2 rings (SSSR count). The van der Waals surface area contributed by atoms with Gasteiger partial charge in [0.1, 0.15) is 0 Å². The maximum absolute atomic E-state index is 12.2. The number of carbonyl (C=O) groups excluding carboxylic acids is 3. The van der Waals surface area contributed by atoms with Crippen LogP contribution in [0.15, 0.2) is 24.3 Å². The molecule has 0 spiro atoms. The van der Waals surface area contributed by atoms with Gasteiger partial charge < -0.3 is 15.4 Å². The molecule has 1 saturated heterocycles. The number of rotatable bonds is 5. The molecule has 0 aromatic heterocycles. The summed E-state index contributed by atoms with van der Waals surface area (Å²) in [7, 11) is 0. The fourth-order valence-corrected chi connectivity index (χ4v) is 2.50. The topological polar surface area (TPSA) is 89.7 Å². The van der Waals surface area contributed by atoms with Crippen molar-refractivity contribution >= 4 is 23.5 Å². The van der Waals surface area contributed by atoms with Crippen LogP contribution in [-0.2, 0) is 25.5 Å². The third-order valence-corrected chi connectivity index (χ3v) is 3.82. The van der Waals surface area contributed by atoms with E-state index in [4.69, 9.17) is 10.5 Å². The molecule has 118 valence electrons. The van der Waals surface area contributed by atoms with Crippen molar-refractivity contribution in [2.45, 2.75) is 32.8 Å². The van der Waals surface area contributed by atoms with Gasteiger partial charge in [0, 0.05) is 18.7 Å². The van der Waals surface area contributed by atoms with Crippen LogP contribution in [0.25, 0.3) is 0 Å².